The molecule has 4 nitrogen and oxygen atoms in total. The summed E-state index contributed by atoms with van der Waals surface area (Å²) in [6.07, 6.45) is 3.26. The average Bonchev–Trinajstić information content (AvgIpc) is 2.38. The Morgan fingerprint density at radius 1 is 1.35 bits per heavy atom. The fourth-order valence-electron chi connectivity index (χ4n) is 1.35. The van der Waals surface area contributed by atoms with Gasteiger partial charge < -0.3 is 5.73 Å². The summed E-state index contributed by atoms with van der Waals surface area (Å²) < 4.78 is 0. The molecule has 0 unspecified atom stereocenters. The Balaban J connectivity index is 2.04. The Labute approximate surface area is 104 Å². The zero-order valence-electron chi connectivity index (χ0n) is 9.13. The van der Waals surface area contributed by atoms with Crippen molar-refractivity contribution in [3.63, 3.8) is 0 Å². The third kappa shape index (κ3) is 3.29. The lowest BCUT2D eigenvalue weighted by atomic mass is 10.1. The minimum absolute atomic E-state index is 0.0962. The van der Waals surface area contributed by atoms with Crippen LogP contribution in [0.15, 0.2) is 47.9 Å². The van der Waals surface area contributed by atoms with Gasteiger partial charge in [-0.05, 0) is 17.7 Å². The van der Waals surface area contributed by atoms with Crippen LogP contribution in [0.4, 0.5) is 0 Å². The number of nitrogens with one attached hydrogen (secondary N) is 1. The third-order valence-corrected chi connectivity index (χ3v) is 3.19. The highest BCUT2D eigenvalue weighted by Crippen LogP contribution is 2.20. The number of rotatable bonds is 4. The lowest BCUT2D eigenvalue weighted by Crippen LogP contribution is -2.10. The van der Waals surface area contributed by atoms with Crippen LogP contribution in [0.2, 0.25) is 0 Å². The molecule has 5 heteroatoms. The molecule has 0 saturated carbocycles. The number of nitrogens with two attached hydrogens (primary N) is 1. The average molecular weight is 244 g/mol. The van der Waals surface area contributed by atoms with E-state index in [0.717, 1.165) is 21.9 Å². The van der Waals surface area contributed by atoms with Crippen LogP contribution in [0.1, 0.15) is 11.1 Å². The van der Waals surface area contributed by atoms with Gasteiger partial charge in [0, 0.05) is 17.5 Å². The Morgan fingerprint density at radius 3 is 2.94 bits per heavy atom. The highest BCUT2D eigenvalue weighted by molar-refractivity contribution is 7.98. The van der Waals surface area contributed by atoms with E-state index < -0.39 is 0 Å². The van der Waals surface area contributed by atoms with E-state index in [1.165, 1.54) is 6.33 Å². The van der Waals surface area contributed by atoms with Gasteiger partial charge in [0.1, 0.15) is 12.2 Å². The number of benzene rings is 1. The molecule has 0 radical (unpaired) electrons. The molecule has 86 valence electrons. The highest BCUT2D eigenvalue weighted by atomic mass is 32.2. The first-order chi connectivity index (χ1) is 8.25. The quantitative estimate of drug-likeness (QED) is 0.373. The van der Waals surface area contributed by atoms with Crippen LogP contribution in [0.3, 0.4) is 0 Å². The van der Waals surface area contributed by atoms with E-state index in [1.54, 1.807) is 18.0 Å². The summed E-state index contributed by atoms with van der Waals surface area (Å²) >= 11 is 1.63. The van der Waals surface area contributed by atoms with Gasteiger partial charge in [-0.1, -0.05) is 18.2 Å². The van der Waals surface area contributed by atoms with Crippen LogP contribution < -0.4 is 5.73 Å². The molecule has 0 spiro atoms. The first-order valence-corrected chi connectivity index (χ1v) is 6.06. The number of nitrogen functional groups attached to an aromatic ring is 1. The van der Waals surface area contributed by atoms with Gasteiger partial charge in [0.2, 0.25) is 0 Å². The van der Waals surface area contributed by atoms with E-state index >= 15 is 0 Å². The second kappa shape index (κ2) is 5.45. The van der Waals surface area contributed by atoms with E-state index in [2.05, 4.69) is 9.97 Å². The molecule has 0 aliphatic heterocycles. The van der Waals surface area contributed by atoms with Crippen LogP contribution in [0.5, 0.6) is 0 Å². The summed E-state index contributed by atoms with van der Waals surface area (Å²) in [4.78, 5) is 8.00. The Kier molecular flexibility index (Phi) is 3.72. The molecule has 1 aromatic carbocycles. The molecule has 0 atom stereocenters. The molecule has 3 N–H and O–H groups in total. The largest absolute Gasteiger partial charge is 0.384 e. The van der Waals surface area contributed by atoms with Crippen molar-refractivity contribution >= 4 is 17.6 Å². The number of hydrogen-bond acceptors (Lipinski definition) is 4. The van der Waals surface area contributed by atoms with Gasteiger partial charge in [-0.25, -0.2) is 9.97 Å². The molecular weight excluding hydrogens is 232 g/mol. The molecule has 0 fully saturated rings. The second-order valence-corrected chi connectivity index (χ2v) is 4.45. The van der Waals surface area contributed by atoms with Crippen molar-refractivity contribution in [2.24, 2.45) is 5.73 Å². The van der Waals surface area contributed by atoms with Crippen molar-refractivity contribution in [3.05, 3.63) is 54.0 Å². The molecule has 1 aromatic heterocycles. The van der Waals surface area contributed by atoms with Gasteiger partial charge in [-0.2, -0.15) is 0 Å². The predicted octanol–water partition coefficient (Wildman–Crippen LogP) is 2.05. The van der Waals surface area contributed by atoms with E-state index in [0.29, 0.717) is 0 Å². The van der Waals surface area contributed by atoms with E-state index in [-0.39, 0.29) is 5.84 Å². The summed E-state index contributed by atoms with van der Waals surface area (Å²) in [5.74, 6) is 0.900. The number of hydrogen-bond donors (Lipinski definition) is 2. The van der Waals surface area contributed by atoms with Gasteiger partial charge in [-0.15, -0.1) is 11.8 Å². The minimum Gasteiger partial charge on any atom is -0.384 e. The van der Waals surface area contributed by atoms with Gasteiger partial charge in [-0.3, -0.25) is 5.41 Å². The molecule has 1 heterocycles. The molecule has 0 bridgehead atoms. The van der Waals surface area contributed by atoms with Gasteiger partial charge >= 0.3 is 0 Å². The van der Waals surface area contributed by atoms with Crippen LogP contribution in [0, 0.1) is 5.41 Å². The Bertz CT molecular complexity index is 513. The fourth-order valence-corrected chi connectivity index (χ4v) is 2.12. The standard InChI is InChI=1S/C12H12N4S/c13-12(14)10-3-1-2-9(6-10)7-17-11-4-5-15-8-16-11/h1-6,8H,7H2,(H3,13,14). The van der Waals surface area contributed by atoms with E-state index in [1.807, 2.05) is 30.3 Å². The van der Waals surface area contributed by atoms with Crippen molar-refractivity contribution < 1.29 is 0 Å². The first-order valence-electron chi connectivity index (χ1n) is 5.08. The summed E-state index contributed by atoms with van der Waals surface area (Å²) in [5, 5.41) is 8.32. The highest BCUT2D eigenvalue weighted by Gasteiger charge is 2.00. The zero-order chi connectivity index (χ0) is 12.1. The Morgan fingerprint density at radius 2 is 2.24 bits per heavy atom. The van der Waals surface area contributed by atoms with Gasteiger partial charge in [0.15, 0.2) is 0 Å². The molecule has 0 aliphatic carbocycles. The first kappa shape index (κ1) is 11.6. The van der Waals surface area contributed by atoms with Gasteiger partial charge in [0.25, 0.3) is 0 Å². The van der Waals surface area contributed by atoms with E-state index in [9.17, 15) is 0 Å². The summed E-state index contributed by atoms with van der Waals surface area (Å²) in [5.41, 5.74) is 7.33. The molecule has 2 aromatic rings. The maximum Gasteiger partial charge on any atom is 0.122 e. The zero-order valence-corrected chi connectivity index (χ0v) is 9.95. The lowest BCUT2D eigenvalue weighted by Gasteiger charge is -2.03. The second-order valence-electron chi connectivity index (χ2n) is 3.45. The number of nitrogens with zero attached hydrogens (tertiary/aromatic N) is 2. The fraction of sp³-hybridized carbons (Fsp3) is 0.0833. The van der Waals surface area contributed by atoms with Crippen LogP contribution in [-0.4, -0.2) is 15.8 Å². The number of thioether (sulfide) groups is 1. The maximum absolute atomic E-state index is 7.38. The predicted molar refractivity (Wildman–Crippen MR) is 69.1 cm³/mol. The normalized spacial score (nSPS) is 10.1. The third-order valence-electron chi connectivity index (χ3n) is 2.18. The smallest absolute Gasteiger partial charge is 0.122 e. The Hall–Kier alpha value is -1.88. The molecule has 17 heavy (non-hydrogen) atoms. The molecular formula is C12H12N4S. The van der Waals surface area contributed by atoms with Crippen molar-refractivity contribution in [3.8, 4) is 0 Å². The summed E-state index contributed by atoms with van der Waals surface area (Å²) in [6.45, 7) is 0. The number of aromatic nitrogens is 2. The van der Waals surface area contributed by atoms with Crippen molar-refractivity contribution in [2.75, 3.05) is 0 Å². The minimum atomic E-state index is 0.0962. The SMILES string of the molecule is N=C(N)c1cccc(CSc2ccncn2)c1. The van der Waals surface area contributed by atoms with E-state index in [4.69, 9.17) is 11.1 Å². The number of amidine groups is 1. The van der Waals surface area contributed by atoms with Crippen LogP contribution >= 0.6 is 11.8 Å². The molecule has 0 amide bonds. The topological polar surface area (TPSA) is 75.7 Å². The molecule has 0 saturated heterocycles. The van der Waals surface area contributed by atoms with Crippen molar-refractivity contribution in [1.82, 2.24) is 9.97 Å². The van der Waals surface area contributed by atoms with Gasteiger partial charge in [0.05, 0.1) is 5.03 Å². The van der Waals surface area contributed by atoms with Crippen molar-refractivity contribution in [1.29, 1.82) is 5.41 Å². The van der Waals surface area contributed by atoms with Crippen LogP contribution in [0.25, 0.3) is 0 Å². The molecule has 2 rings (SSSR count). The maximum atomic E-state index is 7.38. The lowest BCUT2D eigenvalue weighted by molar-refractivity contribution is 1.05. The van der Waals surface area contributed by atoms with Crippen molar-refractivity contribution in [2.45, 2.75) is 10.8 Å². The van der Waals surface area contributed by atoms with Crippen LogP contribution in [-0.2, 0) is 5.75 Å². The molecule has 0 aliphatic rings. The monoisotopic (exact) mass is 244 g/mol. The summed E-state index contributed by atoms with van der Waals surface area (Å²) in [7, 11) is 0. The summed E-state index contributed by atoms with van der Waals surface area (Å²) in [6, 6.07) is 9.56.